The van der Waals surface area contributed by atoms with Crippen LogP contribution in [0.5, 0.6) is 5.75 Å². The van der Waals surface area contributed by atoms with Crippen molar-refractivity contribution >= 4 is 5.82 Å². The van der Waals surface area contributed by atoms with E-state index in [2.05, 4.69) is 15.3 Å². The number of aliphatic hydroxyl groups excluding tert-OH is 1. The third-order valence-corrected chi connectivity index (χ3v) is 1.87. The van der Waals surface area contributed by atoms with Gasteiger partial charge in [0.15, 0.2) is 5.82 Å². The zero-order valence-corrected chi connectivity index (χ0v) is 8.78. The molecule has 6 nitrogen and oxygen atoms in total. The average Bonchev–Trinajstić information content (AvgIpc) is 2.17. The minimum absolute atomic E-state index is 0.156. The molecule has 0 bridgehead atoms. The quantitative estimate of drug-likeness (QED) is 0.639. The highest BCUT2D eigenvalue weighted by Gasteiger charge is 2.07. The SMILES string of the molecule is COc1c(NCCC(C)O)nc[nH]c1=O. The van der Waals surface area contributed by atoms with Crippen LogP contribution in [0.25, 0.3) is 0 Å². The van der Waals surface area contributed by atoms with Crippen molar-refractivity contribution in [3.63, 3.8) is 0 Å². The second-order valence-corrected chi connectivity index (χ2v) is 3.18. The maximum atomic E-state index is 11.3. The van der Waals surface area contributed by atoms with Crippen molar-refractivity contribution in [1.82, 2.24) is 9.97 Å². The Labute approximate surface area is 87.3 Å². The molecule has 84 valence electrons. The van der Waals surface area contributed by atoms with Gasteiger partial charge in [0, 0.05) is 6.54 Å². The summed E-state index contributed by atoms with van der Waals surface area (Å²) in [4.78, 5) is 17.6. The van der Waals surface area contributed by atoms with E-state index in [0.717, 1.165) is 0 Å². The summed E-state index contributed by atoms with van der Waals surface area (Å²) in [7, 11) is 1.41. The fourth-order valence-electron chi connectivity index (χ4n) is 1.10. The molecular weight excluding hydrogens is 198 g/mol. The summed E-state index contributed by atoms with van der Waals surface area (Å²) in [6.45, 7) is 2.23. The van der Waals surface area contributed by atoms with Crippen LogP contribution in [0.4, 0.5) is 5.82 Å². The molecule has 0 spiro atoms. The van der Waals surface area contributed by atoms with Gasteiger partial charge in [-0.3, -0.25) is 4.79 Å². The summed E-state index contributed by atoms with van der Waals surface area (Å²) in [5.74, 6) is 0.546. The molecule has 0 radical (unpaired) electrons. The Kier molecular flexibility index (Phi) is 4.11. The number of aliphatic hydroxyl groups is 1. The molecule has 0 aliphatic carbocycles. The van der Waals surface area contributed by atoms with E-state index in [1.807, 2.05) is 0 Å². The van der Waals surface area contributed by atoms with Gasteiger partial charge in [0.25, 0.3) is 5.56 Å². The van der Waals surface area contributed by atoms with Crippen LogP contribution in [0.15, 0.2) is 11.1 Å². The zero-order chi connectivity index (χ0) is 11.3. The molecule has 3 N–H and O–H groups in total. The van der Waals surface area contributed by atoms with E-state index >= 15 is 0 Å². The fraction of sp³-hybridized carbons (Fsp3) is 0.556. The molecule has 0 fully saturated rings. The van der Waals surface area contributed by atoms with E-state index in [9.17, 15) is 4.79 Å². The first-order chi connectivity index (χ1) is 7.15. The van der Waals surface area contributed by atoms with Gasteiger partial charge in [-0.15, -0.1) is 0 Å². The minimum atomic E-state index is -0.384. The molecule has 1 rings (SSSR count). The number of nitrogens with zero attached hydrogens (tertiary/aromatic N) is 1. The Morgan fingerprint density at radius 1 is 1.73 bits per heavy atom. The third-order valence-electron chi connectivity index (χ3n) is 1.87. The van der Waals surface area contributed by atoms with Crippen LogP contribution in [-0.4, -0.2) is 34.8 Å². The van der Waals surface area contributed by atoms with Crippen molar-refractivity contribution in [2.75, 3.05) is 19.0 Å². The molecular formula is C9H15N3O3. The number of ether oxygens (including phenoxy) is 1. The summed E-state index contributed by atoms with van der Waals surface area (Å²) < 4.78 is 4.90. The average molecular weight is 213 g/mol. The van der Waals surface area contributed by atoms with E-state index in [0.29, 0.717) is 18.8 Å². The maximum Gasteiger partial charge on any atom is 0.295 e. The Balaban J connectivity index is 2.68. The van der Waals surface area contributed by atoms with Crippen molar-refractivity contribution in [2.45, 2.75) is 19.4 Å². The Hall–Kier alpha value is -1.56. The van der Waals surface area contributed by atoms with E-state index in [1.165, 1.54) is 13.4 Å². The van der Waals surface area contributed by atoms with Crippen LogP contribution < -0.4 is 15.6 Å². The summed E-state index contributed by atoms with van der Waals surface area (Å²) in [6, 6.07) is 0. The van der Waals surface area contributed by atoms with Crippen LogP contribution in [0, 0.1) is 0 Å². The maximum absolute atomic E-state index is 11.3. The third kappa shape index (κ3) is 3.25. The predicted molar refractivity (Wildman–Crippen MR) is 56.2 cm³/mol. The number of hydrogen-bond donors (Lipinski definition) is 3. The second-order valence-electron chi connectivity index (χ2n) is 3.18. The van der Waals surface area contributed by atoms with Crippen LogP contribution in [-0.2, 0) is 0 Å². The molecule has 1 atom stereocenters. The number of aromatic amines is 1. The van der Waals surface area contributed by atoms with Crippen LogP contribution >= 0.6 is 0 Å². The number of aromatic nitrogens is 2. The summed E-state index contributed by atoms with van der Waals surface area (Å²) in [5.41, 5.74) is -0.327. The smallest absolute Gasteiger partial charge is 0.295 e. The molecule has 1 aromatic rings. The lowest BCUT2D eigenvalue weighted by Crippen LogP contribution is -2.16. The highest BCUT2D eigenvalue weighted by atomic mass is 16.5. The van der Waals surface area contributed by atoms with Gasteiger partial charge in [-0.25, -0.2) is 4.98 Å². The Bertz CT molecular complexity index is 362. The molecule has 0 amide bonds. The van der Waals surface area contributed by atoms with Gasteiger partial charge in [-0.05, 0) is 13.3 Å². The van der Waals surface area contributed by atoms with Gasteiger partial charge < -0.3 is 20.1 Å². The van der Waals surface area contributed by atoms with Gasteiger partial charge in [-0.1, -0.05) is 0 Å². The molecule has 1 aromatic heterocycles. The molecule has 1 heterocycles. The van der Waals surface area contributed by atoms with E-state index in [4.69, 9.17) is 9.84 Å². The topological polar surface area (TPSA) is 87.2 Å². The standard InChI is InChI=1S/C9H15N3O3/c1-6(13)3-4-10-8-7(15-2)9(14)12-5-11-8/h5-6,13H,3-4H2,1-2H3,(H2,10,11,12,14). The van der Waals surface area contributed by atoms with Crippen LogP contribution in [0.1, 0.15) is 13.3 Å². The number of nitrogens with one attached hydrogen (secondary N) is 2. The van der Waals surface area contributed by atoms with Crippen molar-refractivity contribution in [3.05, 3.63) is 16.7 Å². The highest BCUT2D eigenvalue weighted by Crippen LogP contribution is 2.13. The molecule has 15 heavy (non-hydrogen) atoms. The Morgan fingerprint density at radius 3 is 3.07 bits per heavy atom. The lowest BCUT2D eigenvalue weighted by atomic mass is 10.3. The number of rotatable bonds is 5. The van der Waals surface area contributed by atoms with Crippen LogP contribution in [0.2, 0.25) is 0 Å². The molecule has 0 aliphatic rings. The highest BCUT2D eigenvalue weighted by molar-refractivity contribution is 5.47. The summed E-state index contributed by atoms with van der Waals surface area (Å²) in [5, 5.41) is 12.0. The molecule has 1 unspecified atom stereocenters. The van der Waals surface area contributed by atoms with E-state index in [1.54, 1.807) is 6.92 Å². The fourth-order valence-corrected chi connectivity index (χ4v) is 1.10. The van der Waals surface area contributed by atoms with E-state index < -0.39 is 0 Å². The second kappa shape index (κ2) is 5.35. The molecule has 0 saturated heterocycles. The van der Waals surface area contributed by atoms with Crippen molar-refractivity contribution in [2.24, 2.45) is 0 Å². The number of hydrogen-bond acceptors (Lipinski definition) is 5. The van der Waals surface area contributed by atoms with Gasteiger partial charge in [0.1, 0.15) is 0 Å². The van der Waals surface area contributed by atoms with Crippen LogP contribution in [0.3, 0.4) is 0 Å². The molecule has 6 heteroatoms. The normalized spacial score (nSPS) is 12.2. The summed E-state index contributed by atoms with van der Waals surface area (Å²) in [6.07, 6.45) is 1.50. The predicted octanol–water partition coefficient (Wildman–Crippen LogP) is -0.0387. The van der Waals surface area contributed by atoms with Crippen molar-refractivity contribution < 1.29 is 9.84 Å². The first-order valence-corrected chi connectivity index (χ1v) is 4.68. The number of anilines is 1. The number of H-pyrrole nitrogens is 1. The number of methoxy groups -OCH3 is 1. The first kappa shape index (κ1) is 11.5. The van der Waals surface area contributed by atoms with E-state index in [-0.39, 0.29) is 17.4 Å². The zero-order valence-electron chi connectivity index (χ0n) is 8.78. The lowest BCUT2D eigenvalue weighted by Gasteiger charge is -2.09. The van der Waals surface area contributed by atoms with Gasteiger partial charge >= 0.3 is 0 Å². The minimum Gasteiger partial charge on any atom is -0.489 e. The molecule has 0 aromatic carbocycles. The van der Waals surface area contributed by atoms with Gasteiger partial charge in [0.05, 0.1) is 19.5 Å². The van der Waals surface area contributed by atoms with Crippen molar-refractivity contribution in [1.29, 1.82) is 0 Å². The van der Waals surface area contributed by atoms with Gasteiger partial charge in [0.2, 0.25) is 5.75 Å². The molecule has 0 aliphatic heterocycles. The summed E-state index contributed by atoms with van der Waals surface area (Å²) >= 11 is 0. The molecule has 0 saturated carbocycles. The first-order valence-electron chi connectivity index (χ1n) is 4.68. The van der Waals surface area contributed by atoms with Gasteiger partial charge in [-0.2, -0.15) is 0 Å². The Morgan fingerprint density at radius 2 is 2.47 bits per heavy atom. The monoisotopic (exact) mass is 213 g/mol. The largest absolute Gasteiger partial charge is 0.489 e. The van der Waals surface area contributed by atoms with Crippen molar-refractivity contribution in [3.8, 4) is 5.75 Å². The lowest BCUT2D eigenvalue weighted by molar-refractivity contribution is 0.188.